The van der Waals surface area contributed by atoms with Crippen LogP contribution in [-0.2, 0) is 14.8 Å². The minimum atomic E-state index is -3.97. The van der Waals surface area contributed by atoms with Gasteiger partial charge < -0.3 is 10.6 Å². The molecule has 32 heavy (non-hydrogen) atoms. The number of sulfonamides is 1. The van der Waals surface area contributed by atoms with Crippen molar-refractivity contribution >= 4 is 38.8 Å². The van der Waals surface area contributed by atoms with Crippen molar-refractivity contribution in [2.45, 2.75) is 11.8 Å². The topological polar surface area (TPSA) is 105 Å². The monoisotopic (exact) mass is 445 g/mol. The molecule has 0 spiro atoms. The second-order valence-corrected chi connectivity index (χ2v) is 8.69. The Hall–Kier alpha value is -4.04. The van der Waals surface area contributed by atoms with Crippen molar-refractivity contribution in [1.29, 1.82) is 0 Å². The van der Waals surface area contributed by atoms with Gasteiger partial charge in [0.05, 0.1) is 16.3 Å². The van der Waals surface area contributed by atoms with E-state index < -0.39 is 10.0 Å². The normalized spacial score (nSPS) is 14.5. The van der Waals surface area contributed by atoms with E-state index in [0.29, 0.717) is 22.5 Å². The highest BCUT2D eigenvalue weighted by Crippen LogP contribution is 2.25. The number of hydrogen-bond acceptors (Lipinski definition) is 5. The minimum absolute atomic E-state index is 0.0679. The number of rotatable bonds is 5. The number of anilines is 2. The molecule has 0 bridgehead atoms. The minimum Gasteiger partial charge on any atom is -0.352 e. The molecule has 0 saturated heterocycles. The third kappa shape index (κ3) is 4.50. The summed E-state index contributed by atoms with van der Waals surface area (Å²) in [5, 5.41) is 5.70. The molecule has 1 aliphatic rings. The molecule has 0 unspecified atom stereocenters. The summed E-state index contributed by atoms with van der Waals surface area (Å²) in [7, 11) is -3.97. The average Bonchev–Trinajstić information content (AvgIpc) is 2.78. The number of Topliss-reactive ketones (excluding diaryl/α,β-unsaturated/α-hetero) is 1. The zero-order valence-corrected chi connectivity index (χ0v) is 17.9. The van der Waals surface area contributed by atoms with Gasteiger partial charge in [-0.15, -0.1) is 0 Å². The van der Waals surface area contributed by atoms with Crippen LogP contribution in [0.1, 0.15) is 22.8 Å². The molecule has 0 fully saturated rings. The third-order valence-corrected chi connectivity index (χ3v) is 6.02. The van der Waals surface area contributed by atoms with Crippen molar-refractivity contribution in [3.8, 4) is 0 Å². The lowest BCUT2D eigenvalue weighted by Gasteiger charge is -2.19. The number of nitrogens with zero attached hydrogens (tertiary/aromatic N) is 1. The van der Waals surface area contributed by atoms with Crippen LogP contribution in [0.2, 0.25) is 0 Å². The first-order valence-corrected chi connectivity index (χ1v) is 11.2. The highest BCUT2D eigenvalue weighted by molar-refractivity contribution is 7.90. The van der Waals surface area contributed by atoms with Crippen molar-refractivity contribution in [3.63, 3.8) is 0 Å². The Morgan fingerprint density at radius 3 is 2.06 bits per heavy atom. The lowest BCUT2D eigenvalue weighted by atomic mass is 9.92. The molecule has 0 radical (unpaired) electrons. The smallest absolute Gasteiger partial charge is 0.282 e. The molecule has 0 saturated carbocycles. The van der Waals surface area contributed by atoms with Crippen LogP contribution in [0.3, 0.4) is 0 Å². The second-order valence-electron chi connectivity index (χ2n) is 7.08. The number of amides is 1. The van der Waals surface area contributed by atoms with Gasteiger partial charge in [-0.3, -0.25) is 9.59 Å². The van der Waals surface area contributed by atoms with Crippen molar-refractivity contribution in [1.82, 2.24) is 0 Å². The largest absolute Gasteiger partial charge is 0.352 e. The second kappa shape index (κ2) is 8.60. The maximum absolute atomic E-state index is 13.0. The molecule has 3 aromatic rings. The molecular weight excluding hydrogens is 426 g/mol. The number of carbonyl (C=O) groups excluding carboxylic acids is 2. The van der Waals surface area contributed by atoms with Crippen molar-refractivity contribution in [3.05, 3.63) is 102 Å². The quantitative estimate of drug-likeness (QED) is 0.617. The highest BCUT2D eigenvalue weighted by Gasteiger charge is 2.26. The number of nitrogens with one attached hydrogen (secondary N) is 2. The van der Waals surface area contributed by atoms with Gasteiger partial charge in [0.25, 0.3) is 10.0 Å². The predicted molar refractivity (Wildman–Crippen MR) is 123 cm³/mol. The van der Waals surface area contributed by atoms with E-state index in [0.717, 1.165) is 0 Å². The van der Waals surface area contributed by atoms with Gasteiger partial charge >= 0.3 is 0 Å². The molecule has 2 N–H and O–H groups in total. The van der Waals surface area contributed by atoms with E-state index >= 15 is 0 Å². The molecule has 0 heterocycles. The van der Waals surface area contributed by atoms with Crippen LogP contribution >= 0.6 is 0 Å². The zero-order chi connectivity index (χ0) is 22.7. The van der Waals surface area contributed by atoms with Gasteiger partial charge in [0, 0.05) is 29.4 Å². The van der Waals surface area contributed by atoms with Gasteiger partial charge in [-0.2, -0.15) is 12.8 Å². The van der Waals surface area contributed by atoms with Crippen LogP contribution in [0, 0.1) is 0 Å². The molecule has 4 rings (SSSR count). The lowest BCUT2D eigenvalue weighted by molar-refractivity contribution is -0.114. The Balaban J connectivity index is 1.73. The predicted octanol–water partition coefficient (Wildman–Crippen LogP) is 4.02. The van der Waals surface area contributed by atoms with Gasteiger partial charge in [-0.25, -0.2) is 0 Å². The Morgan fingerprint density at radius 2 is 1.41 bits per heavy atom. The summed E-state index contributed by atoms with van der Waals surface area (Å²) in [6.07, 6.45) is 1.44. The van der Waals surface area contributed by atoms with Crippen LogP contribution in [0.25, 0.3) is 0 Å². The number of allylic oxidation sites excluding steroid dienone is 2. The van der Waals surface area contributed by atoms with E-state index in [1.165, 1.54) is 25.1 Å². The summed E-state index contributed by atoms with van der Waals surface area (Å²) in [6, 6.07) is 21.5. The SMILES string of the molecule is CC(=O)Nc1ccc(NC2=C/C(=N/S(=O)(=O)c3ccccc3)c3ccccc3C2=O)cc1. The van der Waals surface area contributed by atoms with E-state index in [1.807, 2.05) is 0 Å². The molecule has 1 amide bonds. The fourth-order valence-corrected chi connectivity index (χ4v) is 4.28. The fraction of sp³-hybridized carbons (Fsp3) is 0.0417. The average molecular weight is 446 g/mol. The summed E-state index contributed by atoms with van der Waals surface area (Å²) in [6.45, 7) is 1.42. The lowest BCUT2D eigenvalue weighted by Crippen LogP contribution is -2.22. The molecule has 0 aromatic heterocycles. The van der Waals surface area contributed by atoms with E-state index in [9.17, 15) is 18.0 Å². The molecule has 1 aliphatic carbocycles. The molecule has 160 valence electrons. The Labute approximate surface area is 185 Å². The van der Waals surface area contributed by atoms with Gasteiger partial charge in [-0.05, 0) is 42.5 Å². The van der Waals surface area contributed by atoms with Crippen LogP contribution in [0.5, 0.6) is 0 Å². The maximum atomic E-state index is 13.0. The molecule has 0 aliphatic heterocycles. The molecule has 7 nitrogen and oxygen atoms in total. The Bertz CT molecular complexity index is 1360. The van der Waals surface area contributed by atoms with Gasteiger partial charge in [0.1, 0.15) is 0 Å². The summed E-state index contributed by atoms with van der Waals surface area (Å²) in [5.41, 5.74) is 2.38. The van der Waals surface area contributed by atoms with Crippen molar-refractivity contribution in [2.24, 2.45) is 4.40 Å². The first-order chi connectivity index (χ1) is 15.3. The maximum Gasteiger partial charge on any atom is 0.282 e. The number of ketones is 1. The third-order valence-electron chi connectivity index (χ3n) is 4.72. The highest BCUT2D eigenvalue weighted by atomic mass is 32.2. The van der Waals surface area contributed by atoms with E-state index in [-0.39, 0.29) is 28.0 Å². The van der Waals surface area contributed by atoms with Crippen LogP contribution in [0.4, 0.5) is 11.4 Å². The van der Waals surface area contributed by atoms with E-state index in [2.05, 4.69) is 15.0 Å². The van der Waals surface area contributed by atoms with Crippen molar-refractivity contribution < 1.29 is 18.0 Å². The van der Waals surface area contributed by atoms with Crippen LogP contribution < -0.4 is 10.6 Å². The van der Waals surface area contributed by atoms with Gasteiger partial charge in [-0.1, -0.05) is 42.5 Å². The Kier molecular flexibility index (Phi) is 5.70. The summed E-state index contributed by atoms with van der Waals surface area (Å²) < 4.78 is 29.7. The summed E-state index contributed by atoms with van der Waals surface area (Å²) >= 11 is 0. The molecule has 3 aromatic carbocycles. The number of fused-ring (bicyclic) bond motifs is 1. The fourth-order valence-electron chi connectivity index (χ4n) is 3.27. The van der Waals surface area contributed by atoms with E-state index in [4.69, 9.17) is 0 Å². The van der Waals surface area contributed by atoms with Gasteiger partial charge in [0.15, 0.2) is 0 Å². The molecule has 0 atom stereocenters. The molecule has 8 heteroatoms. The van der Waals surface area contributed by atoms with E-state index in [1.54, 1.807) is 66.7 Å². The number of hydrogen-bond donors (Lipinski definition) is 2. The standard InChI is InChI=1S/C24H19N3O4S/c1-16(28)25-17-11-13-18(14-12-17)26-23-15-22(20-9-5-6-10-21(20)24(23)29)27-32(30,31)19-7-3-2-4-8-19/h2-15,26H,1H3,(H,25,28)/b27-22-. The van der Waals surface area contributed by atoms with Gasteiger partial charge in [0.2, 0.25) is 11.7 Å². The Morgan fingerprint density at radius 1 is 0.812 bits per heavy atom. The first kappa shape index (κ1) is 21.2. The van der Waals surface area contributed by atoms with Crippen LogP contribution in [0.15, 0.2) is 99.9 Å². The van der Waals surface area contributed by atoms with Crippen LogP contribution in [-0.4, -0.2) is 25.8 Å². The number of carbonyl (C=O) groups is 2. The van der Waals surface area contributed by atoms with Crippen molar-refractivity contribution in [2.75, 3.05) is 10.6 Å². The summed E-state index contributed by atoms with van der Waals surface area (Å²) in [4.78, 5) is 24.3. The molecular formula is C24H19N3O4S. The zero-order valence-electron chi connectivity index (χ0n) is 17.1. The number of benzene rings is 3. The summed E-state index contributed by atoms with van der Waals surface area (Å²) in [5.74, 6) is -0.462. The first-order valence-electron chi connectivity index (χ1n) is 9.74.